The molecule has 1 heterocycles. The summed E-state index contributed by atoms with van der Waals surface area (Å²) in [5, 5.41) is 8.35. The van der Waals surface area contributed by atoms with Gasteiger partial charge in [-0.25, -0.2) is 18.1 Å². The summed E-state index contributed by atoms with van der Waals surface area (Å²) < 4.78 is 29.8. The first-order valence-corrected chi connectivity index (χ1v) is 11.6. The summed E-state index contributed by atoms with van der Waals surface area (Å²) in [4.78, 5) is 4.87. The molecule has 0 aliphatic carbocycles. The first-order chi connectivity index (χ1) is 14.4. The summed E-state index contributed by atoms with van der Waals surface area (Å²) in [5.41, 5.74) is 7.91. The first kappa shape index (κ1) is 20.2. The molecule has 4 aromatic rings. The summed E-state index contributed by atoms with van der Waals surface area (Å²) in [5.74, 6) is -0.0294. The van der Waals surface area contributed by atoms with Gasteiger partial charge >= 0.3 is 0 Å². The molecule has 6 nitrogen and oxygen atoms in total. The van der Waals surface area contributed by atoms with Crippen LogP contribution in [0, 0.1) is 5.41 Å². The van der Waals surface area contributed by atoms with Crippen LogP contribution in [0.25, 0.3) is 10.2 Å². The van der Waals surface area contributed by atoms with E-state index in [0.29, 0.717) is 17.0 Å². The van der Waals surface area contributed by atoms with Crippen LogP contribution in [0.4, 0.5) is 0 Å². The second-order valence-electron chi connectivity index (χ2n) is 6.82. The van der Waals surface area contributed by atoms with Crippen molar-refractivity contribution in [3.8, 4) is 0 Å². The number of fused-ring (bicyclic) bond motifs is 1. The topological polar surface area (TPSA) is 109 Å². The van der Waals surface area contributed by atoms with E-state index in [9.17, 15) is 8.42 Å². The highest BCUT2D eigenvalue weighted by Gasteiger charge is 2.24. The van der Waals surface area contributed by atoms with Crippen LogP contribution in [0.5, 0.6) is 0 Å². The summed E-state index contributed by atoms with van der Waals surface area (Å²) in [6, 6.07) is 22.7. The second-order valence-corrected chi connectivity index (χ2v) is 9.60. The number of hydrogen-bond donors (Lipinski definition) is 3. The van der Waals surface area contributed by atoms with Crippen molar-refractivity contribution in [2.24, 2.45) is 5.73 Å². The molecule has 0 bridgehead atoms. The van der Waals surface area contributed by atoms with E-state index in [2.05, 4.69) is 9.71 Å². The van der Waals surface area contributed by atoms with Gasteiger partial charge < -0.3 is 5.73 Å². The number of para-hydroxylation sites is 1. The van der Waals surface area contributed by atoms with Crippen molar-refractivity contribution in [2.75, 3.05) is 0 Å². The quantitative estimate of drug-likeness (QED) is 0.302. The zero-order chi connectivity index (χ0) is 21.1. The van der Waals surface area contributed by atoms with Crippen molar-refractivity contribution in [1.29, 1.82) is 5.41 Å². The number of aromatic nitrogens is 1. The van der Waals surface area contributed by atoms with Gasteiger partial charge in [0.1, 0.15) is 10.8 Å². The van der Waals surface area contributed by atoms with Crippen molar-refractivity contribution in [3.63, 3.8) is 0 Å². The van der Waals surface area contributed by atoms with Crippen LogP contribution in [0.2, 0.25) is 0 Å². The third-order valence-corrected chi connectivity index (χ3v) is 7.27. The molecule has 0 aliphatic heterocycles. The molecule has 0 fully saturated rings. The maximum atomic E-state index is 13.0. The monoisotopic (exact) mass is 436 g/mol. The molecule has 4 N–H and O–H groups in total. The van der Waals surface area contributed by atoms with Crippen LogP contribution < -0.4 is 10.5 Å². The van der Waals surface area contributed by atoms with Gasteiger partial charge in [0.15, 0.2) is 0 Å². The van der Waals surface area contributed by atoms with Gasteiger partial charge in [0.25, 0.3) is 0 Å². The number of nitrogens with zero attached hydrogens (tertiary/aromatic N) is 1. The Kier molecular flexibility index (Phi) is 5.63. The minimum Gasteiger partial charge on any atom is -0.384 e. The lowest BCUT2D eigenvalue weighted by Gasteiger charge is -2.17. The number of amidine groups is 1. The molecule has 1 aromatic heterocycles. The van der Waals surface area contributed by atoms with Crippen LogP contribution in [0.15, 0.2) is 83.8 Å². The molecule has 0 spiro atoms. The number of rotatable bonds is 7. The van der Waals surface area contributed by atoms with Gasteiger partial charge in [-0.15, -0.1) is 11.3 Å². The van der Waals surface area contributed by atoms with Gasteiger partial charge in [0.2, 0.25) is 10.0 Å². The van der Waals surface area contributed by atoms with E-state index in [-0.39, 0.29) is 10.7 Å². The minimum absolute atomic E-state index is 0.0294. The molecular formula is C22H20N4O2S2. The summed E-state index contributed by atoms with van der Waals surface area (Å²) >= 11 is 1.47. The lowest BCUT2D eigenvalue weighted by molar-refractivity contribution is 0.554. The van der Waals surface area contributed by atoms with Crippen LogP contribution in [-0.4, -0.2) is 19.2 Å². The van der Waals surface area contributed by atoms with Crippen molar-refractivity contribution < 1.29 is 8.42 Å². The van der Waals surface area contributed by atoms with E-state index in [1.165, 1.54) is 11.3 Å². The molecule has 3 aromatic carbocycles. The third-order valence-electron chi connectivity index (χ3n) is 4.64. The van der Waals surface area contributed by atoms with E-state index < -0.39 is 16.1 Å². The highest BCUT2D eigenvalue weighted by molar-refractivity contribution is 7.89. The van der Waals surface area contributed by atoms with Crippen LogP contribution in [0.1, 0.15) is 22.2 Å². The number of nitrogens with one attached hydrogen (secondary N) is 2. The van der Waals surface area contributed by atoms with Crippen LogP contribution >= 0.6 is 11.3 Å². The van der Waals surface area contributed by atoms with Gasteiger partial charge in [0, 0.05) is 5.56 Å². The molecule has 0 aliphatic rings. The molecule has 8 heteroatoms. The lowest BCUT2D eigenvalue weighted by Crippen LogP contribution is -2.30. The fourth-order valence-electron chi connectivity index (χ4n) is 3.17. The van der Waals surface area contributed by atoms with Gasteiger partial charge in [-0.3, -0.25) is 5.41 Å². The first-order valence-electron chi connectivity index (χ1n) is 9.28. The third kappa shape index (κ3) is 4.40. The molecule has 30 heavy (non-hydrogen) atoms. The fraction of sp³-hybridized carbons (Fsp3) is 0.0909. The summed E-state index contributed by atoms with van der Waals surface area (Å²) in [6.45, 7) is 0. The number of hydrogen-bond acceptors (Lipinski definition) is 5. The zero-order valence-corrected chi connectivity index (χ0v) is 17.6. The van der Waals surface area contributed by atoms with Crippen LogP contribution in [-0.2, 0) is 16.4 Å². The van der Waals surface area contributed by atoms with Crippen LogP contribution in [0.3, 0.4) is 0 Å². The van der Waals surface area contributed by atoms with Gasteiger partial charge in [0.05, 0.1) is 21.2 Å². The normalized spacial score (nSPS) is 12.7. The van der Waals surface area contributed by atoms with E-state index in [1.807, 2.05) is 36.4 Å². The fourth-order valence-corrected chi connectivity index (χ4v) is 5.49. The zero-order valence-electron chi connectivity index (χ0n) is 15.9. The number of benzene rings is 3. The Bertz CT molecular complexity index is 1270. The molecule has 0 amide bonds. The predicted molar refractivity (Wildman–Crippen MR) is 120 cm³/mol. The molecule has 152 valence electrons. The second kappa shape index (κ2) is 8.35. The van der Waals surface area contributed by atoms with Gasteiger partial charge in [-0.05, 0) is 42.3 Å². The van der Waals surface area contributed by atoms with Crippen molar-refractivity contribution in [2.45, 2.75) is 17.4 Å². The molecule has 4 rings (SSSR count). The van der Waals surface area contributed by atoms with Crippen molar-refractivity contribution >= 4 is 37.4 Å². The summed E-state index contributed by atoms with van der Waals surface area (Å²) in [7, 11) is -3.74. The van der Waals surface area contributed by atoms with E-state index in [4.69, 9.17) is 11.1 Å². The Hall–Kier alpha value is -3.07. The molecule has 0 unspecified atom stereocenters. The molecule has 1 atom stereocenters. The van der Waals surface area contributed by atoms with Gasteiger partial charge in [-0.2, -0.15) is 0 Å². The average molecular weight is 437 g/mol. The average Bonchev–Trinajstić information content (AvgIpc) is 3.18. The summed E-state index contributed by atoms with van der Waals surface area (Å²) in [6.07, 6.45) is 0.382. The van der Waals surface area contributed by atoms with E-state index in [1.54, 1.807) is 42.5 Å². The SMILES string of the molecule is N=C(N)c1cccc(C[C@@H](NS(=O)(=O)c2ccccc2)c2nc3ccccc3s2)c1. The number of nitrogens with two attached hydrogens (primary N) is 1. The Balaban J connectivity index is 1.73. The lowest BCUT2D eigenvalue weighted by atomic mass is 10.0. The molecule has 0 saturated carbocycles. The maximum absolute atomic E-state index is 13.0. The minimum atomic E-state index is -3.74. The van der Waals surface area contributed by atoms with E-state index >= 15 is 0 Å². The maximum Gasteiger partial charge on any atom is 0.241 e. The predicted octanol–water partition coefficient (Wildman–Crippen LogP) is 3.84. The Morgan fingerprint density at radius 1 is 1.03 bits per heavy atom. The van der Waals surface area contributed by atoms with Gasteiger partial charge in [-0.1, -0.05) is 48.5 Å². The highest BCUT2D eigenvalue weighted by Crippen LogP contribution is 2.29. The number of sulfonamides is 1. The highest BCUT2D eigenvalue weighted by atomic mass is 32.2. The molecule has 0 saturated heterocycles. The Labute approximate surface area is 179 Å². The molecular weight excluding hydrogens is 416 g/mol. The van der Waals surface area contributed by atoms with E-state index in [0.717, 1.165) is 15.8 Å². The number of nitrogen functional groups attached to an aromatic ring is 1. The standard InChI is InChI=1S/C22H20N4O2S2/c23-21(24)16-8-6-7-15(13-16)14-19(22-25-18-11-4-5-12-20(18)29-22)26-30(27,28)17-9-2-1-3-10-17/h1-13,19,26H,14H2,(H3,23,24)/t19-/m1/s1. The molecule has 0 radical (unpaired) electrons. The van der Waals surface area contributed by atoms with Crippen molar-refractivity contribution in [3.05, 3.63) is 95.0 Å². The Morgan fingerprint density at radius 3 is 2.50 bits per heavy atom. The smallest absolute Gasteiger partial charge is 0.241 e. The number of thiazole rings is 1. The van der Waals surface area contributed by atoms with Crippen molar-refractivity contribution in [1.82, 2.24) is 9.71 Å². The largest absolute Gasteiger partial charge is 0.384 e. The Morgan fingerprint density at radius 2 is 1.77 bits per heavy atom.